The molecule has 1 aliphatic heterocycles. The molecule has 2 unspecified atom stereocenters. The fraction of sp³-hybridized carbons (Fsp3) is 1.00. The fourth-order valence-corrected chi connectivity index (χ4v) is 4.49. The Morgan fingerprint density at radius 3 is 2.37 bits per heavy atom. The standard InChI is InChI=1S/C16H33N3/c1-4-18-9-11-19(12-10-18)16(13-17)8-6-5-7-15(16)14(2)3/h14-15H,4-13,17H2,1-3H3. The molecule has 3 heteroatoms. The molecule has 2 fully saturated rings. The van der Waals surface area contributed by atoms with Crippen LogP contribution in [0.3, 0.4) is 0 Å². The molecule has 2 aliphatic rings. The van der Waals surface area contributed by atoms with Crippen molar-refractivity contribution in [2.75, 3.05) is 39.3 Å². The third-order valence-electron chi connectivity index (χ3n) is 5.67. The summed E-state index contributed by atoms with van der Waals surface area (Å²) in [5.41, 5.74) is 6.61. The lowest BCUT2D eigenvalue weighted by molar-refractivity contribution is -0.0388. The number of hydrogen-bond donors (Lipinski definition) is 1. The average Bonchev–Trinajstić information content (AvgIpc) is 2.47. The summed E-state index contributed by atoms with van der Waals surface area (Å²) in [6.45, 7) is 14.0. The molecule has 1 saturated heterocycles. The van der Waals surface area contributed by atoms with E-state index < -0.39 is 0 Å². The highest BCUT2D eigenvalue weighted by Gasteiger charge is 2.45. The maximum absolute atomic E-state index is 6.31. The van der Waals surface area contributed by atoms with Gasteiger partial charge >= 0.3 is 0 Å². The van der Waals surface area contributed by atoms with Gasteiger partial charge in [-0.2, -0.15) is 0 Å². The monoisotopic (exact) mass is 267 g/mol. The van der Waals surface area contributed by atoms with Crippen LogP contribution in [0.1, 0.15) is 46.5 Å². The minimum atomic E-state index is 0.298. The predicted molar refractivity (Wildman–Crippen MR) is 82.3 cm³/mol. The zero-order chi connectivity index (χ0) is 13.9. The highest BCUT2D eigenvalue weighted by molar-refractivity contribution is 5.02. The molecule has 0 aromatic carbocycles. The van der Waals surface area contributed by atoms with E-state index in [0.717, 1.165) is 18.4 Å². The second-order valence-corrected chi connectivity index (χ2v) is 6.83. The molecule has 0 amide bonds. The van der Waals surface area contributed by atoms with Crippen molar-refractivity contribution in [1.82, 2.24) is 9.80 Å². The lowest BCUT2D eigenvalue weighted by Gasteiger charge is -2.54. The van der Waals surface area contributed by atoms with E-state index in [4.69, 9.17) is 5.73 Å². The molecule has 19 heavy (non-hydrogen) atoms. The van der Waals surface area contributed by atoms with Crippen LogP contribution >= 0.6 is 0 Å². The van der Waals surface area contributed by atoms with E-state index in [1.807, 2.05) is 0 Å². The number of rotatable bonds is 4. The SMILES string of the molecule is CCN1CCN(C2(CN)CCCCC2C(C)C)CC1. The van der Waals surface area contributed by atoms with Crippen LogP contribution in [-0.4, -0.2) is 54.6 Å². The molecule has 0 aromatic rings. The second kappa shape index (κ2) is 6.55. The molecule has 1 aliphatic carbocycles. The van der Waals surface area contributed by atoms with Crippen molar-refractivity contribution in [3.05, 3.63) is 0 Å². The quantitative estimate of drug-likeness (QED) is 0.847. The van der Waals surface area contributed by atoms with Gasteiger partial charge in [0.05, 0.1) is 0 Å². The van der Waals surface area contributed by atoms with E-state index in [2.05, 4.69) is 30.6 Å². The molecule has 112 valence electrons. The first-order chi connectivity index (χ1) is 9.14. The van der Waals surface area contributed by atoms with Crippen molar-refractivity contribution < 1.29 is 0 Å². The molecular formula is C16H33N3. The number of piperazine rings is 1. The maximum Gasteiger partial charge on any atom is 0.0363 e. The van der Waals surface area contributed by atoms with Crippen LogP contribution in [0, 0.1) is 11.8 Å². The first-order valence-electron chi connectivity index (χ1n) is 8.31. The zero-order valence-electron chi connectivity index (χ0n) is 13.2. The van der Waals surface area contributed by atoms with Gasteiger partial charge in [0, 0.05) is 38.3 Å². The average molecular weight is 267 g/mol. The van der Waals surface area contributed by atoms with Crippen LogP contribution in [0.15, 0.2) is 0 Å². The van der Waals surface area contributed by atoms with Crippen LogP contribution in [0.2, 0.25) is 0 Å². The van der Waals surface area contributed by atoms with Crippen LogP contribution in [0.25, 0.3) is 0 Å². The van der Waals surface area contributed by atoms with Crippen LogP contribution in [0.5, 0.6) is 0 Å². The van der Waals surface area contributed by atoms with Crippen molar-refractivity contribution in [2.45, 2.75) is 52.0 Å². The maximum atomic E-state index is 6.31. The van der Waals surface area contributed by atoms with Crippen molar-refractivity contribution >= 4 is 0 Å². The Morgan fingerprint density at radius 1 is 1.16 bits per heavy atom. The largest absolute Gasteiger partial charge is 0.329 e. The van der Waals surface area contributed by atoms with Gasteiger partial charge in [0.15, 0.2) is 0 Å². The summed E-state index contributed by atoms with van der Waals surface area (Å²) in [7, 11) is 0. The van der Waals surface area contributed by atoms with Crippen LogP contribution in [-0.2, 0) is 0 Å². The van der Waals surface area contributed by atoms with Gasteiger partial charge in [-0.05, 0) is 31.2 Å². The minimum Gasteiger partial charge on any atom is -0.329 e. The molecule has 2 N–H and O–H groups in total. The number of hydrogen-bond acceptors (Lipinski definition) is 3. The van der Waals surface area contributed by atoms with Gasteiger partial charge < -0.3 is 10.6 Å². The highest BCUT2D eigenvalue weighted by Crippen LogP contribution is 2.42. The Kier molecular flexibility index (Phi) is 5.27. The Hall–Kier alpha value is -0.120. The molecule has 0 bridgehead atoms. The van der Waals surface area contributed by atoms with Crippen molar-refractivity contribution in [3.8, 4) is 0 Å². The summed E-state index contributed by atoms with van der Waals surface area (Å²) in [5, 5.41) is 0. The highest BCUT2D eigenvalue weighted by atomic mass is 15.3. The molecule has 0 radical (unpaired) electrons. The van der Waals surface area contributed by atoms with Gasteiger partial charge in [0.1, 0.15) is 0 Å². The molecule has 2 rings (SSSR count). The lowest BCUT2D eigenvalue weighted by Crippen LogP contribution is -2.65. The summed E-state index contributed by atoms with van der Waals surface area (Å²) in [4.78, 5) is 5.32. The third-order valence-corrected chi connectivity index (χ3v) is 5.67. The van der Waals surface area contributed by atoms with Gasteiger partial charge in [-0.3, -0.25) is 4.90 Å². The molecular weight excluding hydrogens is 234 g/mol. The summed E-state index contributed by atoms with van der Waals surface area (Å²) in [5.74, 6) is 1.55. The van der Waals surface area contributed by atoms with Gasteiger partial charge in [-0.1, -0.05) is 33.6 Å². The summed E-state index contributed by atoms with van der Waals surface area (Å²) < 4.78 is 0. The van der Waals surface area contributed by atoms with E-state index in [-0.39, 0.29) is 0 Å². The third kappa shape index (κ3) is 2.98. The summed E-state index contributed by atoms with van der Waals surface area (Å²) in [6.07, 6.45) is 5.47. The van der Waals surface area contributed by atoms with E-state index in [0.29, 0.717) is 5.54 Å². The molecule has 3 nitrogen and oxygen atoms in total. The molecule has 0 aromatic heterocycles. The van der Waals surface area contributed by atoms with Crippen molar-refractivity contribution in [1.29, 1.82) is 0 Å². The fourth-order valence-electron chi connectivity index (χ4n) is 4.49. The van der Waals surface area contributed by atoms with Crippen LogP contribution in [0.4, 0.5) is 0 Å². The van der Waals surface area contributed by atoms with Crippen molar-refractivity contribution in [3.63, 3.8) is 0 Å². The molecule has 2 atom stereocenters. The normalized spacial score (nSPS) is 34.9. The first-order valence-corrected chi connectivity index (χ1v) is 8.31. The van der Waals surface area contributed by atoms with Gasteiger partial charge in [0.2, 0.25) is 0 Å². The lowest BCUT2D eigenvalue weighted by atomic mass is 9.66. The Balaban J connectivity index is 2.11. The summed E-state index contributed by atoms with van der Waals surface area (Å²) in [6, 6.07) is 0. The van der Waals surface area contributed by atoms with Gasteiger partial charge in [0.25, 0.3) is 0 Å². The van der Waals surface area contributed by atoms with E-state index in [1.165, 1.54) is 58.4 Å². The zero-order valence-corrected chi connectivity index (χ0v) is 13.2. The number of nitrogens with zero attached hydrogens (tertiary/aromatic N) is 2. The molecule has 1 saturated carbocycles. The Morgan fingerprint density at radius 2 is 1.84 bits per heavy atom. The topological polar surface area (TPSA) is 32.5 Å². The molecule has 0 spiro atoms. The number of nitrogens with two attached hydrogens (primary N) is 1. The van der Waals surface area contributed by atoms with Gasteiger partial charge in [-0.25, -0.2) is 0 Å². The van der Waals surface area contributed by atoms with Crippen LogP contribution < -0.4 is 5.73 Å². The second-order valence-electron chi connectivity index (χ2n) is 6.83. The Labute approximate surface area is 119 Å². The van der Waals surface area contributed by atoms with Crippen molar-refractivity contribution in [2.24, 2.45) is 17.6 Å². The van der Waals surface area contributed by atoms with E-state index in [9.17, 15) is 0 Å². The van der Waals surface area contributed by atoms with E-state index >= 15 is 0 Å². The first kappa shape index (κ1) is 15.3. The van der Waals surface area contributed by atoms with E-state index in [1.54, 1.807) is 0 Å². The Bertz CT molecular complexity index is 271. The van der Waals surface area contributed by atoms with Gasteiger partial charge in [-0.15, -0.1) is 0 Å². The minimum absolute atomic E-state index is 0.298. The molecule has 1 heterocycles. The summed E-state index contributed by atoms with van der Waals surface area (Å²) >= 11 is 0. The number of likely N-dealkylation sites (N-methyl/N-ethyl adjacent to an activating group) is 1. The smallest absolute Gasteiger partial charge is 0.0363 e. The predicted octanol–water partition coefficient (Wildman–Crippen LogP) is 2.17.